The van der Waals surface area contributed by atoms with Gasteiger partial charge in [0.25, 0.3) is 0 Å². The van der Waals surface area contributed by atoms with Crippen molar-refractivity contribution in [2.75, 3.05) is 6.61 Å². The van der Waals surface area contributed by atoms with Crippen molar-refractivity contribution < 1.29 is 9.84 Å². The van der Waals surface area contributed by atoms with Gasteiger partial charge < -0.3 is 9.84 Å². The van der Waals surface area contributed by atoms with Crippen molar-refractivity contribution in [1.82, 2.24) is 0 Å². The number of aliphatic hydroxyl groups is 1. The number of rotatable bonds is 5. The number of hydrogen-bond acceptors (Lipinski definition) is 2. The minimum atomic E-state index is -0.372. The smallest absolute Gasteiger partial charge is 0.119 e. The van der Waals surface area contributed by atoms with Gasteiger partial charge in [0.15, 0.2) is 0 Å². The summed E-state index contributed by atoms with van der Waals surface area (Å²) in [5.74, 6) is 0.803. The fraction of sp³-hybridized carbons (Fsp3) is 0.333. The summed E-state index contributed by atoms with van der Waals surface area (Å²) in [4.78, 5) is 0. The van der Waals surface area contributed by atoms with Gasteiger partial charge in [0.05, 0.1) is 6.10 Å². The summed E-state index contributed by atoms with van der Waals surface area (Å²) < 4.78 is 5.32. The van der Waals surface area contributed by atoms with E-state index in [-0.39, 0.29) is 6.10 Å². The van der Waals surface area contributed by atoms with Crippen molar-refractivity contribution in [2.45, 2.75) is 19.4 Å². The molecule has 0 amide bonds. The summed E-state index contributed by atoms with van der Waals surface area (Å²) in [5.41, 5.74) is 0.929. The quantitative estimate of drug-likeness (QED) is 0.727. The molecule has 1 rings (SSSR count). The summed E-state index contributed by atoms with van der Waals surface area (Å²) in [6, 6.07) is 7.48. The third kappa shape index (κ3) is 2.89. The first-order valence-electron chi connectivity index (χ1n) is 4.79. The van der Waals surface area contributed by atoms with E-state index in [2.05, 4.69) is 6.58 Å². The van der Waals surface area contributed by atoms with Crippen LogP contribution < -0.4 is 4.74 Å². The normalized spacial score (nSPS) is 12.1. The van der Waals surface area contributed by atoms with E-state index in [4.69, 9.17) is 4.74 Å². The van der Waals surface area contributed by atoms with Crippen LogP contribution in [-0.2, 0) is 0 Å². The van der Waals surface area contributed by atoms with Crippen LogP contribution in [0.1, 0.15) is 25.0 Å². The van der Waals surface area contributed by atoms with Crippen molar-refractivity contribution >= 4 is 0 Å². The Bertz CT molecular complexity index is 277. The average molecular weight is 192 g/mol. The van der Waals surface area contributed by atoms with Crippen LogP contribution in [0.3, 0.4) is 0 Å². The highest BCUT2D eigenvalue weighted by Crippen LogP contribution is 2.19. The van der Waals surface area contributed by atoms with Crippen LogP contribution >= 0.6 is 0 Å². The lowest BCUT2D eigenvalue weighted by Gasteiger charge is -2.09. The van der Waals surface area contributed by atoms with Crippen LogP contribution in [0.2, 0.25) is 0 Å². The van der Waals surface area contributed by atoms with E-state index in [1.165, 1.54) is 0 Å². The molecule has 76 valence electrons. The Labute approximate surface area is 84.8 Å². The first-order valence-corrected chi connectivity index (χ1v) is 4.79. The Balaban J connectivity index is 2.63. The molecule has 0 radical (unpaired) electrons. The molecular weight excluding hydrogens is 176 g/mol. The molecule has 0 fully saturated rings. The van der Waals surface area contributed by atoms with Crippen LogP contribution in [0.4, 0.5) is 0 Å². The Hall–Kier alpha value is -1.28. The van der Waals surface area contributed by atoms with Crippen molar-refractivity contribution in [3.63, 3.8) is 0 Å². The van der Waals surface area contributed by atoms with Gasteiger partial charge in [0, 0.05) is 0 Å². The molecule has 1 N–H and O–H groups in total. The van der Waals surface area contributed by atoms with Gasteiger partial charge in [-0.3, -0.25) is 0 Å². The van der Waals surface area contributed by atoms with E-state index in [0.717, 1.165) is 17.7 Å². The fourth-order valence-electron chi connectivity index (χ4n) is 1.18. The minimum absolute atomic E-state index is 0.372. The molecule has 2 nitrogen and oxygen atoms in total. The highest BCUT2D eigenvalue weighted by atomic mass is 16.5. The lowest BCUT2D eigenvalue weighted by Crippen LogP contribution is -1.96. The van der Waals surface area contributed by atoms with Gasteiger partial charge in [-0.1, -0.05) is 31.7 Å². The van der Waals surface area contributed by atoms with Gasteiger partial charge in [0.1, 0.15) is 12.4 Å². The first kappa shape index (κ1) is 10.8. The van der Waals surface area contributed by atoms with Crippen molar-refractivity contribution in [2.24, 2.45) is 0 Å². The predicted molar refractivity (Wildman–Crippen MR) is 57.4 cm³/mol. The van der Waals surface area contributed by atoms with Gasteiger partial charge in [-0.05, 0) is 24.1 Å². The number of ether oxygens (including phenoxy) is 1. The highest BCUT2D eigenvalue weighted by molar-refractivity contribution is 5.28. The van der Waals surface area contributed by atoms with E-state index in [1.807, 2.05) is 31.2 Å². The van der Waals surface area contributed by atoms with Crippen molar-refractivity contribution in [3.8, 4) is 5.75 Å². The molecule has 0 spiro atoms. The molecular formula is C12H16O2. The molecule has 0 aliphatic carbocycles. The standard InChI is InChI=1S/C12H16O2/c1-3-9-14-11-7-5-10(6-8-11)12(13)4-2/h3,5-8,12-13H,1,4,9H2,2H3/t12-/m1/s1. The van der Waals surface area contributed by atoms with E-state index in [0.29, 0.717) is 6.61 Å². The second-order valence-electron chi connectivity index (χ2n) is 3.09. The molecule has 0 saturated carbocycles. The van der Waals surface area contributed by atoms with Crippen LogP contribution in [0.25, 0.3) is 0 Å². The Morgan fingerprint density at radius 1 is 1.43 bits per heavy atom. The highest BCUT2D eigenvalue weighted by Gasteiger charge is 2.03. The second-order valence-corrected chi connectivity index (χ2v) is 3.09. The molecule has 1 aromatic rings. The van der Waals surface area contributed by atoms with Gasteiger partial charge in [-0.25, -0.2) is 0 Å². The Kier molecular flexibility index (Phi) is 4.20. The molecule has 0 aliphatic rings. The zero-order chi connectivity index (χ0) is 10.4. The summed E-state index contributed by atoms with van der Waals surface area (Å²) in [5, 5.41) is 9.54. The summed E-state index contributed by atoms with van der Waals surface area (Å²) in [6.07, 6.45) is 2.06. The Morgan fingerprint density at radius 3 is 2.57 bits per heavy atom. The van der Waals surface area contributed by atoms with Gasteiger partial charge >= 0.3 is 0 Å². The van der Waals surface area contributed by atoms with Crippen LogP contribution in [0.15, 0.2) is 36.9 Å². The van der Waals surface area contributed by atoms with Gasteiger partial charge in [-0.15, -0.1) is 0 Å². The average Bonchev–Trinajstić information content (AvgIpc) is 2.26. The molecule has 0 aromatic heterocycles. The van der Waals surface area contributed by atoms with Crippen LogP contribution in [-0.4, -0.2) is 11.7 Å². The maximum absolute atomic E-state index is 9.54. The summed E-state index contributed by atoms with van der Waals surface area (Å²) in [7, 11) is 0. The van der Waals surface area contributed by atoms with E-state index >= 15 is 0 Å². The monoisotopic (exact) mass is 192 g/mol. The van der Waals surface area contributed by atoms with Crippen molar-refractivity contribution in [3.05, 3.63) is 42.5 Å². The second kappa shape index (κ2) is 5.45. The van der Waals surface area contributed by atoms with Crippen molar-refractivity contribution in [1.29, 1.82) is 0 Å². The van der Waals surface area contributed by atoms with Crippen LogP contribution in [0, 0.1) is 0 Å². The van der Waals surface area contributed by atoms with Gasteiger partial charge in [0.2, 0.25) is 0 Å². The molecule has 1 atom stereocenters. The molecule has 0 heterocycles. The third-order valence-electron chi connectivity index (χ3n) is 2.02. The van der Waals surface area contributed by atoms with E-state index < -0.39 is 0 Å². The van der Waals surface area contributed by atoms with E-state index in [9.17, 15) is 5.11 Å². The maximum Gasteiger partial charge on any atom is 0.119 e. The third-order valence-corrected chi connectivity index (χ3v) is 2.02. The fourth-order valence-corrected chi connectivity index (χ4v) is 1.18. The number of aliphatic hydroxyl groups excluding tert-OH is 1. The number of hydrogen-bond donors (Lipinski definition) is 1. The largest absolute Gasteiger partial charge is 0.490 e. The summed E-state index contributed by atoms with van der Waals surface area (Å²) in [6.45, 7) is 6.03. The molecule has 2 heteroatoms. The topological polar surface area (TPSA) is 29.5 Å². The summed E-state index contributed by atoms with van der Waals surface area (Å²) >= 11 is 0. The predicted octanol–water partition coefficient (Wildman–Crippen LogP) is 2.69. The maximum atomic E-state index is 9.54. The zero-order valence-electron chi connectivity index (χ0n) is 8.44. The van der Waals surface area contributed by atoms with Gasteiger partial charge in [-0.2, -0.15) is 0 Å². The molecule has 14 heavy (non-hydrogen) atoms. The minimum Gasteiger partial charge on any atom is -0.490 e. The lowest BCUT2D eigenvalue weighted by atomic mass is 10.1. The molecule has 0 saturated heterocycles. The van der Waals surface area contributed by atoms with Crippen LogP contribution in [0.5, 0.6) is 5.75 Å². The molecule has 0 bridgehead atoms. The van der Waals surface area contributed by atoms with E-state index in [1.54, 1.807) is 6.08 Å². The first-order chi connectivity index (χ1) is 6.77. The molecule has 0 unspecified atom stereocenters. The zero-order valence-corrected chi connectivity index (χ0v) is 8.44. The Morgan fingerprint density at radius 2 is 2.07 bits per heavy atom. The molecule has 0 aliphatic heterocycles. The SMILES string of the molecule is C=CCOc1ccc([C@H](O)CC)cc1. The lowest BCUT2D eigenvalue weighted by molar-refractivity contribution is 0.173. The number of benzene rings is 1. The molecule has 1 aromatic carbocycles.